The standard InChI is InChI=1S/C22H20N4O5S2/c1-14-19(11-23-21(27)20-12-32-13-24-20)25-22(31-14)15-4-3-5-16(10-15)26-33(28,29)18-8-6-17(30-2)7-9-18/h3-10,12-13,26H,11H2,1-2H3,(H,23,27). The molecular formula is C22H20N4O5S2. The molecule has 33 heavy (non-hydrogen) atoms. The van der Waals surface area contributed by atoms with E-state index in [9.17, 15) is 13.2 Å². The summed E-state index contributed by atoms with van der Waals surface area (Å²) in [7, 11) is -2.28. The van der Waals surface area contributed by atoms with Gasteiger partial charge in [-0.05, 0) is 49.4 Å². The Bertz CT molecular complexity index is 1360. The fraction of sp³-hybridized carbons (Fsp3) is 0.136. The number of aromatic nitrogens is 2. The van der Waals surface area contributed by atoms with Gasteiger partial charge in [0, 0.05) is 16.6 Å². The number of methoxy groups -OCH3 is 1. The number of carbonyl (C=O) groups excluding carboxylic acids is 1. The monoisotopic (exact) mass is 484 g/mol. The first kappa shape index (κ1) is 22.5. The quantitative estimate of drug-likeness (QED) is 0.389. The molecule has 2 heterocycles. The maximum atomic E-state index is 12.7. The van der Waals surface area contributed by atoms with E-state index in [0.717, 1.165) is 0 Å². The Morgan fingerprint density at radius 1 is 1.18 bits per heavy atom. The lowest BCUT2D eigenvalue weighted by molar-refractivity contribution is 0.0946. The van der Waals surface area contributed by atoms with E-state index < -0.39 is 10.0 Å². The molecule has 0 spiro atoms. The number of oxazole rings is 1. The van der Waals surface area contributed by atoms with Crippen LogP contribution < -0.4 is 14.8 Å². The number of rotatable bonds is 8. The van der Waals surface area contributed by atoms with Crippen LogP contribution in [0.2, 0.25) is 0 Å². The molecule has 0 aliphatic heterocycles. The van der Waals surface area contributed by atoms with Crippen LogP contribution in [0.25, 0.3) is 11.5 Å². The predicted octanol–water partition coefficient (Wildman–Crippen LogP) is 3.85. The van der Waals surface area contributed by atoms with Crippen molar-refractivity contribution in [3.63, 3.8) is 0 Å². The van der Waals surface area contributed by atoms with E-state index in [0.29, 0.717) is 40.0 Å². The highest BCUT2D eigenvalue weighted by Crippen LogP contribution is 2.26. The zero-order valence-electron chi connectivity index (χ0n) is 17.7. The molecule has 2 N–H and O–H groups in total. The average Bonchev–Trinajstić information content (AvgIpc) is 3.48. The second kappa shape index (κ2) is 9.43. The third-order valence-electron chi connectivity index (χ3n) is 4.71. The molecule has 0 fully saturated rings. The maximum absolute atomic E-state index is 12.7. The number of nitrogens with one attached hydrogen (secondary N) is 2. The number of aryl methyl sites for hydroxylation is 1. The van der Waals surface area contributed by atoms with E-state index in [1.54, 1.807) is 54.2 Å². The first-order chi connectivity index (χ1) is 15.9. The Balaban J connectivity index is 1.49. The summed E-state index contributed by atoms with van der Waals surface area (Å²) >= 11 is 1.34. The summed E-state index contributed by atoms with van der Waals surface area (Å²) in [4.78, 5) is 20.6. The molecule has 2 aromatic heterocycles. The van der Waals surface area contributed by atoms with Gasteiger partial charge in [0.2, 0.25) is 5.89 Å². The minimum Gasteiger partial charge on any atom is -0.497 e. The van der Waals surface area contributed by atoms with E-state index in [4.69, 9.17) is 9.15 Å². The van der Waals surface area contributed by atoms with Crippen LogP contribution in [0.4, 0.5) is 5.69 Å². The molecule has 0 unspecified atom stereocenters. The Kier molecular flexibility index (Phi) is 6.43. The summed E-state index contributed by atoms with van der Waals surface area (Å²) in [6.07, 6.45) is 0. The molecule has 9 nitrogen and oxygen atoms in total. The molecule has 0 bridgehead atoms. The van der Waals surface area contributed by atoms with E-state index in [2.05, 4.69) is 20.0 Å². The van der Waals surface area contributed by atoms with Crippen LogP contribution in [0.5, 0.6) is 5.75 Å². The Morgan fingerprint density at radius 2 is 1.97 bits per heavy atom. The Hall–Kier alpha value is -3.70. The fourth-order valence-electron chi connectivity index (χ4n) is 2.98. The van der Waals surface area contributed by atoms with Gasteiger partial charge in [0.1, 0.15) is 22.9 Å². The SMILES string of the molecule is COc1ccc(S(=O)(=O)Nc2cccc(-c3nc(CNC(=O)c4cscn4)c(C)o3)c2)cc1. The lowest BCUT2D eigenvalue weighted by atomic mass is 10.2. The summed E-state index contributed by atoms with van der Waals surface area (Å²) in [6, 6.07) is 12.8. The van der Waals surface area contributed by atoms with E-state index >= 15 is 0 Å². The molecule has 170 valence electrons. The number of anilines is 1. The summed E-state index contributed by atoms with van der Waals surface area (Å²) in [5, 5.41) is 4.42. The fourth-order valence-corrected chi connectivity index (χ4v) is 4.56. The third-order valence-corrected chi connectivity index (χ3v) is 6.69. The molecule has 4 aromatic rings. The van der Waals surface area contributed by atoms with Crippen molar-refractivity contribution in [2.45, 2.75) is 18.4 Å². The minimum atomic E-state index is -3.79. The molecule has 4 rings (SSSR count). The highest BCUT2D eigenvalue weighted by atomic mass is 32.2. The van der Waals surface area contributed by atoms with Crippen molar-refractivity contribution < 1.29 is 22.4 Å². The first-order valence-corrected chi connectivity index (χ1v) is 12.2. The maximum Gasteiger partial charge on any atom is 0.271 e. The Morgan fingerprint density at radius 3 is 2.67 bits per heavy atom. The molecule has 0 saturated carbocycles. The highest BCUT2D eigenvalue weighted by molar-refractivity contribution is 7.92. The Labute approximate surface area is 194 Å². The van der Waals surface area contributed by atoms with Crippen molar-refractivity contribution in [3.8, 4) is 17.2 Å². The van der Waals surface area contributed by atoms with E-state index in [-0.39, 0.29) is 17.3 Å². The van der Waals surface area contributed by atoms with Crippen LogP contribution in [0.1, 0.15) is 21.9 Å². The predicted molar refractivity (Wildman–Crippen MR) is 124 cm³/mol. The number of thiazole rings is 1. The van der Waals surface area contributed by atoms with Gasteiger partial charge in [0.25, 0.3) is 15.9 Å². The molecule has 0 saturated heterocycles. The number of amides is 1. The van der Waals surface area contributed by atoms with Gasteiger partial charge in [0.05, 0.1) is 24.1 Å². The van der Waals surface area contributed by atoms with Crippen LogP contribution in [-0.4, -0.2) is 31.4 Å². The van der Waals surface area contributed by atoms with Gasteiger partial charge in [-0.3, -0.25) is 9.52 Å². The number of sulfonamides is 1. The minimum absolute atomic E-state index is 0.110. The first-order valence-electron chi connectivity index (χ1n) is 9.76. The van der Waals surface area contributed by atoms with Crippen LogP contribution >= 0.6 is 11.3 Å². The van der Waals surface area contributed by atoms with Gasteiger partial charge in [-0.2, -0.15) is 0 Å². The number of hydrogen-bond acceptors (Lipinski definition) is 8. The van der Waals surface area contributed by atoms with Gasteiger partial charge in [-0.15, -0.1) is 11.3 Å². The van der Waals surface area contributed by atoms with Gasteiger partial charge >= 0.3 is 0 Å². The summed E-state index contributed by atoms with van der Waals surface area (Å²) in [5.74, 6) is 1.13. The molecule has 0 atom stereocenters. The van der Waals surface area contributed by atoms with Gasteiger partial charge in [0.15, 0.2) is 0 Å². The van der Waals surface area contributed by atoms with Crippen LogP contribution in [0.15, 0.2) is 68.7 Å². The third kappa shape index (κ3) is 5.21. The number of benzene rings is 2. The van der Waals surface area contributed by atoms with Crippen LogP contribution in [-0.2, 0) is 16.6 Å². The number of hydrogen-bond donors (Lipinski definition) is 2. The van der Waals surface area contributed by atoms with Gasteiger partial charge < -0.3 is 14.5 Å². The molecule has 1 amide bonds. The topological polar surface area (TPSA) is 123 Å². The number of nitrogens with zero attached hydrogens (tertiary/aromatic N) is 2. The number of carbonyl (C=O) groups is 1. The van der Waals surface area contributed by atoms with Gasteiger partial charge in [-0.1, -0.05) is 6.07 Å². The van der Waals surface area contributed by atoms with Crippen molar-refractivity contribution in [1.82, 2.24) is 15.3 Å². The molecular weight excluding hydrogens is 464 g/mol. The van der Waals surface area contributed by atoms with Crippen molar-refractivity contribution in [2.75, 3.05) is 11.8 Å². The van der Waals surface area contributed by atoms with Crippen molar-refractivity contribution in [1.29, 1.82) is 0 Å². The molecule has 2 aromatic carbocycles. The summed E-state index contributed by atoms with van der Waals surface area (Å²) < 4.78 is 38.8. The average molecular weight is 485 g/mol. The van der Waals surface area contributed by atoms with Crippen molar-refractivity contribution in [3.05, 3.63) is 76.6 Å². The number of ether oxygens (including phenoxy) is 1. The zero-order chi connectivity index (χ0) is 23.4. The van der Waals surface area contributed by atoms with Gasteiger partial charge in [-0.25, -0.2) is 18.4 Å². The lowest BCUT2D eigenvalue weighted by Gasteiger charge is -2.09. The molecule has 0 aliphatic carbocycles. The second-order valence-corrected chi connectivity index (χ2v) is 9.34. The smallest absolute Gasteiger partial charge is 0.271 e. The lowest BCUT2D eigenvalue weighted by Crippen LogP contribution is -2.23. The summed E-state index contributed by atoms with van der Waals surface area (Å²) in [5.41, 5.74) is 3.45. The normalized spacial score (nSPS) is 11.2. The van der Waals surface area contributed by atoms with E-state index in [1.807, 2.05) is 0 Å². The van der Waals surface area contributed by atoms with Crippen molar-refractivity contribution in [2.24, 2.45) is 0 Å². The van der Waals surface area contributed by atoms with Crippen LogP contribution in [0.3, 0.4) is 0 Å². The highest BCUT2D eigenvalue weighted by Gasteiger charge is 2.17. The second-order valence-electron chi connectivity index (χ2n) is 6.94. The van der Waals surface area contributed by atoms with Crippen LogP contribution in [0, 0.1) is 6.92 Å². The largest absolute Gasteiger partial charge is 0.497 e. The van der Waals surface area contributed by atoms with E-state index in [1.165, 1.54) is 30.6 Å². The molecule has 0 aliphatic rings. The summed E-state index contributed by atoms with van der Waals surface area (Å²) in [6.45, 7) is 1.92. The molecule has 11 heteroatoms. The zero-order valence-corrected chi connectivity index (χ0v) is 19.4. The molecule has 0 radical (unpaired) electrons. The van der Waals surface area contributed by atoms with Crippen molar-refractivity contribution >= 4 is 33.0 Å².